The molecule has 0 aliphatic carbocycles. The normalized spacial score (nSPS) is 21.4. The third kappa shape index (κ3) is 3.32. The van der Waals surface area contributed by atoms with Crippen LogP contribution in [0, 0.1) is 0 Å². The Morgan fingerprint density at radius 3 is 2.75 bits per heavy atom. The van der Waals surface area contributed by atoms with Crippen LogP contribution in [0.3, 0.4) is 0 Å². The van der Waals surface area contributed by atoms with Crippen LogP contribution < -0.4 is 11.1 Å². The van der Waals surface area contributed by atoms with Crippen molar-refractivity contribution in [1.29, 1.82) is 0 Å². The van der Waals surface area contributed by atoms with Crippen LogP contribution in [-0.2, 0) is 24.7 Å². The van der Waals surface area contributed by atoms with E-state index in [1.165, 1.54) is 12.5 Å². The van der Waals surface area contributed by atoms with Crippen LogP contribution in [-0.4, -0.2) is 59.0 Å². The predicted molar refractivity (Wildman–Crippen MR) is 84.5 cm³/mol. The lowest BCUT2D eigenvalue weighted by molar-refractivity contribution is -0.144. The van der Waals surface area contributed by atoms with Crippen molar-refractivity contribution >= 4 is 44.3 Å². The maximum Gasteiger partial charge on any atom is 0.362 e. The second-order valence-corrected chi connectivity index (χ2v) is 6.91. The Morgan fingerprint density at radius 1 is 1.62 bits per heavy atom. The number of β-lactam (4-membered cyclic amide) rings is 1. The smallest absolute Gasteiger partial charge is 0.362 e. The number of oxime groups is 1. The molecule has 1 aromatic heterocycles. The first-order chi connectivity index (χ1) is 11.2. The molecular formula is C11H15N5O6S2. The average Bonchev–Trinajstić information content (AvgIpc) is 2.91. The van der Waals surface area contributed by atoms with Gasteiger partial charge in [-0.3, -0.25) is 14.1 Å². The standard InChI is InChI=1S/C11H15N5O6S2/c1-3-6-8(10(18)16(6)24(19,20)21)14-9(17)7(15-22-2)5-4-23-11(12)13-5/h4,6,8H,3H2,1-2H3,(H2,12,13)(H,14,17)(H,19,20,21)/t6-,8-/m1/s1. The SMILES string of the molecule is CC[C@@H]1[C@@H](NC(=O)C(=NOC)c2csc(N)n2)C(=O)N1S(=O)(=O)O. The predicted octanol–water partition coefficient (Wildman–Crippen LogP) is -1.02. The van der Waals surface area contributed by atoms with E-state index in [1.54, 1.807) is 6.92 Å². The van der Waals surface area contributed by atoms with E-state index in [1.807, 2.05) is 0 Å². The van der Waals surface area contributed by atoms with Crippen molar-refractivity contribution in [3.63, 3.8) is 0 Å². The summed E-state index contributed by atoms with van der Waals surface area (Å²) in [5.41, 5.74) is 5.45. The summed E-state index contributed by atoms with van der Waals surface area (Å²) in [6.07, 6.45) is 0.205. The van der Waals surface area contributed by atoms with Gasteiger partial charge in [-0.25, -0.2) is 9.29 Å². The number of amides is 2. The van der Waals surface area contributed by atoms with Gasteiger partial charge >= 0.3 is 10.3 Å². The lowest BCUT2D eigenvalue weighted by atomic mass is 9.96. The van der Waals surface area contributed by atoms with Crippen molar-refractivity contribution < 1.29 is 27.4 Å². The largest absolute Gasteiger partial charge is 0.398 e. The second-order valence-electron chi connectivity index (χ2n) is 4.73. The molecule has 0 saturated carbocycles. The van der Waals surface area contributed by atoms with Gasteiger partial charge < -0.3 is 15.9 Å². The molecule has 0 radical (unpaired) electrons. The number of carbonyl (C=O) groups is 2. The van der Waals surface area contributed by atoms with Gasteiger partial charge in [-0.15, -0.1) is 11.3 Å². The molecule has 1 aliphatic heterocycles. The number of thiazole rings is 1. The van der Waals surface area contributed by atoms with Crippen LogP contribution in [0.25, 0.3) is 0 Å². The quantitative estimate of drug-likeness (QED) is 0.245. The van der Waals surface area contributed by atoms with Gasteiger partial charge in [0, 0.05) is 5.38 Å². The molecule has 0 bridgehead atoms. The maximum absolute atomic E-state index is 12.3. The Morgan fingerprint density at radius 2 is 2.29 bits per heavy atom. The lowest BCUT2D eigenvalue weighted by Gasteiger charge is -2.43. The minimum absolute atomic E-state index is 0.156. The second kappa shape index (κ2) is 6.70. The highest BCUT2D eigenvalue weighted by Gasteiger charge is 2.53. The van der Waals surface area contributed by atoms with Crippen LogP contribution in [0.2, 0.25) is 0 Å². The Balaban J connectivity index is 2.19. The third-order valence-corrected chi connectivity index (χ3v) is 4.91. The molecule has 4 N–H and O–H groups in total. The molecule has 2 amide bonds. The van der Waals surface area contributed by atoms with E-state index in [9.17, 15) is 18.0 Å². The van der Waals surface area contributed by atoms with Crippen LogP contribution >= 0.6 is 11.3 Å². The van der Waals surface area contributed by atoms with E-state index in [4.69, 9.17) is 10.3 Å². The molecular weight excluding hydrogens is 362 g/mol. The minimum atomic E-state index is -4.67. The van der Waals surface area contributed by atoms with E-state index in [0.29, 0.717) is 4.31 Å². The number of rotatable bonds is 6. The summed E-state index contributed by atoms with van der Waals surface area (Å²) in [4.78, 5) is 32.7. The molecule has 24 heavy (non-hydrogen) atoms. The fourth-order valence-electron chi connectivity index (χ4n) is 2.26. The van der Waals surface area contributed by atoms with Crippen LogP contribution in [0.15, 0.2) is 10.5 Å². The van der Waals surface area contributed by atoms with Gasteiger partial charge in [-0.2, -0.15) is 8.42 Å². The Bertz CT molecular complexity index is 789. The van der Waals surface area contributed by atoms with Crippen molar-refractivity contribution in [1.82, 2.24) is 14.6 Å². The molecule has 1 fully saturated rings. The molecule has 2 atom stereocenters. The fourth-order valence-corrected chi connectivity index (χ4v) is 3.77. The monoisotopic (exact) mass is 377 g/mol. The van der Waals surface area contributed by atoms with Crippen molar-refractivity contribution in [3.8, 4) is 0 Å². The molecule has 132 valence electrons. The summed E-state index contributed by atoms with van der Waals surface area (Å²) in [5, 5.41) is 7.63. The Hall–Kier alpha value is -2.25. The summed E-state index contributed by atoms with van der Waals surface area (Å²) >= 11 is 1.09. The van der Waals surface area contributed by atoms with Gasteiger partial charge in [0.05, 0.1) is 6.04 Å². The number of aromatic nitrogens is 1. The molecule has 2 rings (SSSR count). The van der Waals surface area contributed by atoms with Crippen molar-refractivity contribution in [2.75, 3.05) is 12.8 Å². The van der Waals surface area contributed by atoms with E-state index in [2.05, 4.69) is 20.3 Å². The first-order valence-electron chi connectivity index (χ1n) is 6.64. The van der Waals surface area contributed by atoms with Crippen molar-refractivity contribution in [3.05, 3.63) is 11.1 Å². The van der Waals surface area contributed by atoms with Crippen molar-refractivity contribution in [2.45, 2.75) is 25.4 Å². The highest BCUT2D eigenvalue weighted by molar-refractivity contribution is 7.84. The molecule has 0 unspecified atom stereocenters. The van der Waals surface area contributed by atoms with Crippen LogP contribution in [0.1, 0.15) is 19.0 Å². The van der Waals surface area contributed by atoms with E-state index >= 15 is 0 Å². The summed E-state index contributed by atoms with van der Waals surface area (Å²) < 4.78 is 31.7. The van der Waals surface area contributed by atoms with Gasteiger partial charge in [0.25, 0.3) is 11.8 Å². The number of hydrogen-bond donors (Lipinski definition) is 3. The Kier molecular flexibility index (Phi) is 5.05. The van der Waals surface area contributed by atoms with Gasteiger partial charge in [-0.1, -0.05) is 12.1 Å². The molecule has 2 heterocycles. The molecule has 13 heteroatoms. The lowest BCUT2D eigenvalue weighted by Crippen LogP contribution is -2.72. The maximum atomic E-state index is 12.3. The first-order valence-corrected chi connectivity index (χ1v) is 8.92. The fraction of sp³-hybridized carbons (Fsp3) is 0.455. The topological polar surface area (TPSA) is 164 Å². The van der Waals surface area contributed by atoms with Gasteiger partial charge in [0.1, 0.15) is 18.8 Å². The van der Waals surface area contributed by atoms with Crippen LogP contribution in [0.5, 0.6) is 0 Å². The molecule has 1 saturated heterocycles. The summed E-state index contributed by atoms with van der Waals surface area (Å²) in [6, 6.07) is -2.00. The molecule has 0 aromatic carbocycles. The summed E-state index contributed by atoms with van der Waals surface area (Å²) in [6.45, 7) is 1.61. The van der Waals surface area contributed by atoms with E-state index < -0.39 is 34.2 Å². The molecule has 0 spiro atoms. The highest BCUT2D eigenvalue weighted by atomic mass is 32.2. The minimum Gasteiger partial charge on any atom is -0.398 e. The van der Waals surface area contributed by atoms with E-state index in [0.717, 1.165) is 11.3 Å². The van der Waals surface area contributed by atoms with Crippen molar-refractivity contribution in [2.24, 2.45) is 5.16 Å². The Labute approximate surface area is 141 Å². The highest BCUT2D eigenvalue weighted by Crippen LogP contribution is 2.26. The molecule has 11 nitrogen and oxygen atoms in total. The van der Waals surface area contributed by atoms with Gasteiger partial charge in [0.2, 0.25) is 0 Å². The third-order valence-electron chi connectivity index (χ3n) is 3.28. The number of anilines is 1. The van der Waals surface area contributed by atoms with E-state index in [-0.39, 0.29) is 23.0 Å². The number of nitrogens with two attached hydrogens (primary N) is 1. The number of nitrogens with zero attached hydrogens (tertiary/aromatic N) is 3. The number of nitrogens with one attached hydrogen (secondary N) is 1. The number of hydrogen-bond acceptors (Lipinski definition) is 9. The molecule has 1 aliphatic rings. The molecule has 1 aromatic rings. The van der Waals surface area contributed by atoms with Gasteiger partial charge in [-0.05, 0) is 6.42 Å². The number of nitrogen functional groups attached to an aromatic ring is 1. The summed E-state index contributed by atoms with van der Waals surface area (Å²) in [5.74, 6) is -1.72. The summed E-state index contributed by atoms with van der Waals surface area (Å²) in [7, 11) is -3.45. The van der Waals surface area contributed by atoms with Crippen LogP contribution in [0.4, 0.5) is 5.13 Å². The van der Waals surface area contributed by atoms with Gasteiger partial charge in [0.15, 0.2) is 10.8 Å². The zero-order chi connectivity index (χ0) is 18.1. The number of carbonyl (C=O) groups excluding carboxylic acids is 2. The zero-order valence-electron chi connectivity index (χ0n) is 12.7. The average molecular weight is 377 g/mol. The zero-order valence-corrected chi connectivity index (χ0v) is 14.3. The first kappa shape index (κ1) is 18.1.